The van der Waals surface area contributed by atoms with Gasteiger partial charge in [-0.1, -0.05) is 20.8 Å². The first-order valence-electron chi connectivity index (χ1n) is 5.05. The van der Waals surface area contributed by atoms with Gasteiger partial charge in [0.1, 0.15) is 0 Å². The van der Waals surface area contributed by atoms with E-state index in [2.05, 4.69) is 31.4 Å². The highest BCUT2D eigenvalue weighted by molar-refractivity contribution is 4.78. The monoisotopic (exact) mass is 170 g/mol. The standard InChI is InChI=1S/C10H22N2/c1-4-10(2,3)8-12-7-9-5-11-6-9/h9,11-12H,4-8H2,1-3H3. The maximum Gasteiger partial charge on any atom is 0.000403 e. The molecule has 72 valence electrons. The van der Waals surface area contributed by atoms with E-state index in [0.717, 1.165) is 12.5 Å². The summed E-state index contributed by atoms with van der Waals surface area (Å²) in [7, 11) is 0. The molecule has 0 aromatic carbocycles. The SMILES string of the molecule is CCC(C)(C)CNCC1CNC1. The second kappa shape index (κ2) is 4.24. The van der Waals surface area contributed by atoms with Crippen molar-refractivity contribution < 1.29 is 0 Å². The summed E-state index contributed by atoms with van der Waals surface area (Å²) in [6, 6.07) is 0. The maximum atomic E-state index is 3.54. The van der Waals surface area contributed by atoms with Crippen molar-refractivity contribution in [2.75, 3.05) is 26.2 Å². The van der Waals surface area contributed by atoms with Crippen LogP contribution in [0, 0.1) is 11.3 Å². The molecule has 0 saturated carbocycles. The number of hydrogen-bond donors (Lipinski definition) is 2. The maximum absolute atomic E-state index is 3.54. The molecule has 0 spiro atoms. The van der Waals surface area contributed by atoms with Crippen molar-refractivity contribution in [3.05, 3.63) is 0 Å². The molecule has 0 atom stereocenters. The molecule has 0 radical (unpaired) electrons. The Morgan fingerprint density at radius 3 is 2.50 bits per heavy atom. The molecule has 0 aliphatic carbocycles. The zero-order valence-electron chi connectivity index (χ0n) is 8.61. The molecule has 0 aromatic heterocycles. The van der Waals surface area contributed by atoms with Gasteiger partial charge in [-0.25, -0.2) is 0 Å². The Morgan fingerprint density at radius 1 is 1.42 bits per heavy atom. The summed E-state index contributed by atoms with van der Waals surface area (Å²) in [5.74, 6) is 0.887. The lowest BCUT2D eigenvalue weighted by Crippen LogP contribution is -2.48. The second-order valence-electron chi connectivity index (χ2n) is 4.67. The first-order chi connectivity index (χ1) is 5.64. The molecule has 1 saturated heterocycles. The lowest BCUT2D eigenvalue weighted by atomic mass is 9.90. The first kappa shape index (κ1) is 10.0. The van der Waals surface area contributed by atoms with Crippen LogP contribution in [0.25, 0.3) is 0 Å². The van der Waals surface area contributed by atoms with Crippen molar-refractivity contribution in [3.63, 3.8) is 0 Å². The predicted octanol–water partition coefficient (Wildman–Crippen LogP) is 1.23. The van der Waals surface area contributed by atoms with Crippen LogP contribution in [0.15, 0.2) is 0 Å². The average Bonchev–Trinajstić information content (AvgIpc) is 1.95. The quantitative estimate of drug-likeness (QED) is 0.648. The van der Waals surface area contributed by atoms with Crippen LogP contribution in [0.3, 0.4) is 0 Å². The first-order valence-corrected chi connectivity index (χ1v) is 5.05. The molecule has 1 aliphatic heterocycles. The lowest BCUT2D eigenvalue weighted by molar-refractivity contribution is 0.284. The molecular formula is C10H22N2. The van der Waals surface area contributed by atoms with Gasteiger partial charge in [0.25, 0.3) is 0 Å². The van der Waals surface area contributed by atoms with Gasteiger partial charge in [-0.05, 0) is 17.8 Å². The van der Waals surface area contributed by atoms with Crippen LogP contribution in [0.4, 0.5) is 0 Å². The van der Waals surface area contributed by atoms with Gasteiger partial charge in [0.2, 0.25) is 0 Å². The van der Waals surface area contributed by atoms with Crippen molar-refractivity contribution >= 4 is 0 Å². The topological polar surface area (TPSA) is 24.1 Å². The second-order valence-corrected chi connectivity index (χ2v) is 4.67. The Morgan fingerprint density at radius 2 is 2.08 bits per heavy atom. The van der Waals surface area contributed by atoms with E-state index in [-0.39, 0.29) is 0 Å². The summed E-state index contributed by atoms with van der Waals surface area (Å²) in [6.07, 6.45) is 1.25. The van der Waals surface area contributed by atoms with Crippen molar-refractivity contribution in [2.24, 2.45) is 11.3 Å². The van der Waals surface area contributed by atoms with Gasteiger partial charge in [0.15, 0.2) is 0 Å². The largest absolute Gasteiger partial charge is 0.316 e. The number of rotatable bonds is 5. The van der Waals surface area contributed by atoms with E-state index in [4.69, 9.17) is 0 Å². The van der Waals surface area contributed by atoms with E-state index in [0.29, 0.717) is 5.41 Å². The number of hydrogen-bond acceptors (Lipinski definition) is 2. The lowest BCUT2D eigenvalue weighted by Gasteiger charge is -2.30. The average molecular weight is 170 g/mol. The minimum absolute atomic E-state index is 0.469. The zero-order chi connectivity index (χ0) is 9.03. The van der Waals surface area contributed by atoms with E-state index in [9.17, 15) is 0 Å². The van der Waals surface area contributed by atoms with E-state index < -0.39 is 0 Å². The minimum Gasteiger partial charge on any atom is -0.316 e. The minimum atomic E-state index is 0.469. The van der Waals surface area contributed by atoms with E-state index >= 15 is 0 Å². The summed E-state index contributed by atoms with van der Waals surface area (Å²) in [5.41, 5.74) is 0.469. The molecule has 2 N–H and O–H groups in total. The third-order valence-electron chi connectivity index (χ3n) is 2.86. The molecule has 2 heteroatoms. The van der Waals surface area contributed by atoms with Gasteiger partial charge < -0.3 is 10.6 Å². The summed E-state index contributed by atoms with van der Waals surface area (Å²) in [5, 5.41) is 6.82. The molecule has 1 rings (SSSR count). The van der Waals surface area contributed by atoms with Gasteiger partial charge in [-0.15, -0.1) is 0 Å². The van der Waals surface area contributed by atoms with Crippen LogP contribution in [0.2, 0.25) is 0 Å². The fourth-order valence-electron chi connectivity index (χ4n) is 1.23. The van der Waals surface area contributed by atoms with Crippen LogP contribution in [-0.2, 0) is 0 Å². The van der Waals surface area contributed by atoms with E-state index in [1.165, 1.54) is 26.1 Å². The fourth-order valence-corrected chi connectivity index (χ4v) is 1.23. The third-order valence-corrected chi connectivity index (χ3v) is 2.86. The van der Waals surface area contributed by atoms with Crippen molar-refractivity contribution in [3.8, 4) is 0 Å². The van der Waals surface area contributed by atoms with Gasteiger partial charge in [0.05, 0.1) is 0 Å². The summed E-state index contributed by atoms with van der Waals surface area (Å²) in [4.78, 5) is 0. The smallest absolute Gasteiger partial charge is 0.000403 e. The Kier molecular flexibility index (Phi) is 3.53. The normalized spacial score (nSPS) is 19.2. The molecular weight excluding hydrogens is 148 g/mol. The molecule has 2 nitrogen and oxygen atoms in total. The van der Waals surface area contributed by atoms with Crippen LogP contribution >= 0.6 is 0 Å². The molecule has 0 amide bonds. The Labute approximate surface area is 76.1 Å². The van der Waals surface area contributed by atoms with Gasteiger partial charge in [-0.2, -0.15) is 0 Å². The van der Waals surface area contributed by atoms with Crippen LogP contribution in [0.5, 0.6) is 0 Å². The molecule has 12 heavy (non-hydrogen) atoms. The molecule has 1 heterocycles. The van der Waals surface area contributed by atoms with Crippen LogP contribution in [0.1, 0.15) is 27.2 Å². The summed E-state index contributed by atoms with van der Waals surface area (Å²) >= 11 is 0. The Hall–Kier alpha value is -0.0800. The van der Waals surface area contributed by atoms with Gasteiger partial charge in [-0.3, -0.25) is 0 Å². The molecule has 0 bridgehead atoms. The highest BCUT2D eigenvalue weighted by atomic mass is 15.0. The molecule has 0 unspecified atom stereocenters. The fraction of sp³-hybridized carbons (Fsp3) is 1.00. The van der Waals surface area contributed by atoms with Crippen LogP contribution < -0.4 is 10.6 Å². The van der Waals surface area contributed by atoms with Gasteiger partial charge >= 0.3 is 0 Å². The molecule has 1 aliphatic rings. The highest BCUT2D eigenvalue weighted by Gasteiger charge is 2.18. The molecule has 0 aromatic rings. The Balaban J connectivity index is 2.00. The van der Waals surface area contributed by atoms with E-state index in [1.807, 2.05) is 0 Å². The predicted molar refractivity (Wildman–Crippen MR) is 53.3 cm³/mol. The van der Waals surface area contributed by atoms with Crippen molar-refractivity contribution in [1.82, 2.24) is 10.6 Å². The number of nitrogens with one attached hydrogen (secondary N) is 2. The van der Waals surface area contributed by atoms with E-state index in [1.54, 1.807) is 0 Å². The van der Waals surface area contributed by atoms with Crippen molar-refractivity contribution in [1.29, 1.82) is 0 Å². The van der Waals surface area contributed by atoms with Crippen molar-refractivity contribution in [2.45, 2.75) is 27.2 Å². The summed E-state index contributed by atoms with van der Waals surface area (Å²) < 4.78 is 0. The van der Waals surface area contributed by atoms with Crippen LogP contribution in [-0.4, -0.2) is 26.2 Å². The summed E-state index contributed by atoms with van der Waals surface area (Å²) in [6.45, 7) is 11.7. The molecule has 1 fully saturated rings. The zero-order valence-corrected chi connectivity index (χ0v) is 8.61. The van der Waals surface area contributed by atoms with Gasteiger partial charge in [0, 0.05) is 26.2 Å². The third kappa shape index (κ3) is 3.11. The Bertz CT molecular complexity index is 128. The highest BCUT2D eigenvalue weighted by Crippen LogP contribution is 2.17.